The third-order valence-electron chi connectivity index (χ3n) is 4.07. The number of hydrogen-bond acceptors (Lipinski definition) is 3. The monoisotopic (exact) mass is 250 g/mol. The highest BCUT2D eigenvalue weighted by Gasteiger charge is 2.23. The lowest BCUT2D eigenvalue weighted by molar-refractivity contribution is 0.121. The van der Waals surface area contributed by atoms with Gasteiger partial charge in [-0.15, -0.1) is 0 Å². The van der Waals surface area contributed by atoms with E-state index >= 15 is 0 Å². The number of rotatable bonds is 4. The third kappa shape index (κ3) is 3.15. The van der Waals surface area contributed by atoms with Crippen LogP contribution in [0.3, 0.4) is 0 Å². The van der Waals surface area contributed by atoms with Crippen molar-refractivity contribution in [3.8, 4) is 0 Å². The van der Waals surface area contributed by atoms with Crippen molar-refractivity contribution in [1.82, 2.24) is 10.2 Å². The number of hydrogen-bond donors (Lipinski definition) is 1. The summed E-state index contributed by atoms with van der Waals surface area (Å²) in [7, 11) is 1.95. The highest BCUT2D eigenvalue weighted by atomic mass is 16.3. The molecule has 0 saturated carbocycles. The molecule has 0 aromatic carbocycles. The van der Waals surface area contributed by atoms with Gasteiger partial charge in [-0.25, -0.2) is 0 Å². The second-order valence-electron chi connectivity index (χ2n) is 5.77. The molecule has 1 fully saturated rings. The van der Waals surface area contributed by atoms with Crippen LogP contribution in [0, 0.1) is 12.8 Å². The van der Waals surface area contributed by atoms with Gasteiger partial charge in [0.15, 0.2) is 0 Å². The van der Waals surface area contributed by atoms with Gasteiger partial charge in [0.2, 0.25) is 0 Å². The highest BCUT2D eigenvalue weighted by molar-refractivity contribution is 5.21. The number of nitrogens with one attached hydrogen (secondary N) is 1. The maximum atomic E-state index is 5.76. The number of piperidine rings is 1. The fourth-order valence-corrected chi connectivity index (χ4v) is 2.92. The van der Waals surface area contributed by atoms with Gasteiger partial charge in [-0.1, -0.05) is 6.92 Å². The van der Waals surface area contributed by atoms with Crippen LogP contribution < -0.4 is 5.32 Å². The predicted octanol–water partition coefficient (Wildman–Crippen LogP) is 2.93. The first-order valence-corrected chi connectivity index (χ1v) is 7.07. The predicted molar refractivity (Wildman–Crippen MR) is 74.5 cm³/mol. The quantitative estimate of drug-likeness (QED) is 0.890. The number of furan rings is 1. The van der Waals surface area contributed by atoms with E-state index in [4.69, 9.17) is 4.42 Å². The minimum absolute atomic E-state index is 0.691. The average molecular weight is 250 g/mol. The molecule has 0 aliphatic carbocycles. The van der Waals surface area contributed by atoms with Crippen LogP contribution >= 0.6 is 0 Å². The first-order chi connectivity index (χ1) is 8.60. The number of nitrogens with zero attached hydrogens (tertiary/aromatic N) is 1. The van der Waals surface area contributed by atoms with Crippen molar-refractivity contribution >= 4 is 0 Å². The van der Waals surface area contributed by atoms with Gasteiger partial charge in [0.05, 0.1) is 6.54 Å². The van der Waals surface area contributed by atoms with Gasteiger partial charge in [0.1, 0.15) is 11.5 Å². The van der Waals surface area contributed by atoms with E-state index < -0.39 is 0 Å². The van der Waals surface area contributed by atoms with Crippen molar-refractivity contribution in [2.45, 2.75) is 52.7 Å². The summed E-state index contributed by atoms with van der Waals surface area (Å²) in [6.07, 6.45) is 2.64. The van der Waals surface area contributed by atoms with Crippen LogP contribution in [0.25, 0.3) is 0 Å². The molecular formula is C15H26N2O. The molecule has 3 nitrogen and oxygen atoms in total. The molecule has 1 aliphatic rings. The number of aryl methyl sites for hydroxylation is 1. The lowest BCUT2D eigenvalue weighted by Gasteiger charge is -2.36. The molecule has 2 rings (SSSR count). The fourth-order valence-electron chi connectivity index (χ4n) is 2.92. The van der Waals surface area contributed by atoms with Crippen LogP contribution in [-0.2, 0) is 13.1 Å². The summed E-state index contributed by atoms with van der Waals surface area (Å²) in [5.74, 6) is 3.00. The molecule has 0 bridgehead atoms. The normalized spacial score (nSPS) is 25.6. The first kappa shape index (κ1) is 13.6. The van der Waals surface area contributed by atoms with Crippen molar-refractivity contribution in [1.29, 1.82) is 0 Å². The molecule has 102 valence electrons. The zero-order valence-corrected chi connectivity index (χ0v) is 12.1. The van der Waals surface area contributed by atoms with Crippen LogP contribution in [0.1, 0.15) is 43.8 Å². The van der Waals surface area contributed by atoms with Gasteiger partial charge >= 0.3 is 0 Å². The summed E-state index contributed by atoms with van der Waals surface area (Å²) in [6, 6.07) is 2.90. The van der Waals surface area contributed by atoms with E-state index in [-0.39, 0.29) is 0 Å². The van der Waals surface area contributed by atoms with Crippen molar-refractivity contribution in [3.63, 3.8) is 0 Å². The van der Waals surface area contributed by atoms with Crippen molar-refractivity contribution in [2.24, 2.45) is 5.92 Å². The minimum atomic E-state index is 0.691. The smallest absolute Gasteiger partial charge is 0.118 e. The minimum Gasteiger partial charge on any atom is -0.465 e. The maximum Gasteiger partial charge on any atom is 0.118 e. The first-order valence-electron chi connectivity index (χ1n) is 7.07. The van der Waals surface area contributed by atoms with Crippen molar-refractivity contribution < 1.29 is 4.42 Å². The Morgan fingerprint density at radius 2 is 2.22 bits per heavy atom. The standard InChI is InChI=1S/C15H26N2O/c1-11-5-6-17(12(2)7-11)10-14-8-15(9-16-4)18-13(14)3/h8,11-12,16H,5-7,9-10H2,1-4H3. The van der Waals surface area contributed by atoms with E-state index in [1.54, 1.807) is 0 Å². The Labute approximate surface area is 111 Å². The lowest BCUT2D eigenvalue weighted by Crippen LogP contribution is -2.39. The molecule has 1 saturated heterocycles. The van der Waals surface area contributed by atoms with Crippen LogP contribution in [-0.4, -0.2) is 24.5 Å². The summed E-state index contributed by atoms with van der Waals surface area (Å²) in [5.41, 5.74) is 1.35. The molecule has 0 amide bonds. The molecule has 1 aliphatic heterocycles. The van der Waals surface area contributed by atoms with Gasteiger partial charge in [-0.2, -0.15) is 0 Å². The van der Waals surface area contributed by atoms with Gasteiger partial charge in [0, 0.05) is 18.2 Å². The molecular weight excluding hydrogens is 224 g/mol. The molecule has 1 aromatic rings. The summed E-state index contributed by atoms with van der Waals surface area (Å²) < 4.78 is 5.76. The zero-order chi connectivity index (χ0) is 13.1. The lowest BCUT2D eigenvalue weighted by atomic mass is 9.93. The maximum absolute atomic E-state index is 5.76. The number of likely N-dealkylation sites (tertiary alicyclic amines) is 1. The molecule has 2 heterocycles. The van der Waals surface area contributed by atoms with E-state index in [1.807, 2.05) is 7.05 Å². The Kier molecular flexibility index (Phi) is 4.46. The molecule has 0 radical (unpaired) electrons. The van der Waals surface area contributed by atoms with Gasteiger partial charge in [0.25, 0.3) is 0 Å². The van der Waals surface area contributed by atoms with E-state index in [0.717, 1.165) is 30.5 Å². The van der Waals surface area contributed by atoms with E-state index in [9.17, 15) is 0 Å². The topological polar surface area (TPSA) is 28.4 Å². The molecule has 0 spiro atoms. The molecule has 1 aromatic heterocycles. The summed E-state index contributed by atoms with van der Waals surface area (Å²) >= 11 is 0. The summed E-state index contributed by atoms with van der Waals surface area (Å²) in [4.78, 5) is 2.58. The Hall–Kier alpha value is -0.800. The Balaban J connectivity index is 2.00. The third-order valence-corrected chi connectivity index (χ3v) is 4.07. The molecule has 2 atom stereocenters. The Morgan fingerprint density at radius 1 is 1.44 bits per heavy atom. The van der Waals surface area contributed by atoms with E-state index in [1.165, 1.54) is 24.9 Å². The second kappa shape index (κ2) is 5.89. The zero-order valence-electron chi connectivity index (χ0n) is 12.1. The van der Waals surface area contributed by atoms with Crippen LogP contribution in [0.15, 0.2) is 10.5 Å². The highest BCUT2D eigenvalue weighted by Crippen LogP contribution is 2.25. The van der Waals surface area contributed by atoms with Crippen LogP contribution in [0.2, 0.25) is 0 Å². The molecule has 18 heavy (non-hydrogen) atoms. The Morgan fingerprint density at radius 3 is 2.89 bits per heavy atom. The largest absolute Gasteiger partial charge is 0.465 e. The van der Waals surface area contributed by atoms with Gasteiger partial charge < -0.3 is 9.73 Å². The van der Waals surface area contributed by atoms with Crippen LogP contribution in [0.5, 0.6) is 0 Å². The van der Waals surface area contributed by atoms with Gasteiger partial charge in [-0.05, 0) is 52.3 Å². The molecule has 3 heteroatoms. The molecule has 2 unspecified atom stereocenters. The van der Waals surface area contributed by atoms with Crippen LogP contribution in [0.4, 0.5) is 0 Å². The van der Waals surface area contributed by atoms with Crippen molar-refractivity contribution in [3.05, 3.63) is 23.2 Å². The van der Waals surface area contributed by atoms with Gasteiger partial charge in [-0.3, -0.25) is 4.90 Å². The van der Waals surface area contributed by atoms with E-state index in [0.29, 0.717) is 6.04 Å². The molecule has 1 N–H and O–H groups in total. The van der Waals surface area contributed by atoms with E-state index in [2.05, 4.69) is 37.1 Å². The second-order valence-corrected chi connectivity index (χ2v) is 5.77. The Bertz CT molecular complexity index is 386. The average Bonchev–Trinajstić information content (AvgIpc) is 2.64. The van der Waals surface area contributed by atoms with Crippen molar-refractivity contribution in [2.75, 3.05) is 13.6 Å². The summed E-state index contributed by atoms with van der Waals surface area (Å²) in [6.45, 7) is 9.85. The SMILES string of the molecule is CNCc1cc(CN2CCC(C)CC2C)c(C)o1. The summed E-state index contributed by atoms with van der Waals surface area (Å²) in [5, 5.41) is 3.14. The fraction of sp³-hybridized carbons (Fsp3) is 0.733.